The van der Waals surface area contributed by atoms with Gasteiger partial charge in [0.1, 0.15) is 5.75 Å². The highest BCUT2D eigenvalue weighted by Gasteiger charge is 2.44. The summed E-state index contributed by atoms with van der Waals surface area (Å²) in [5, 5.41) is 7.60. The van der Waals surface area contributed by atoms with Crippen LogP contribution in [0.4, 0.5) is 5.69 Å². The van der Waals surface area contributed by atoms with Crippen LogP contribution in [0.2, 0.25) is 5.02 Å². The van der Waals surface area contributed by atoms with Gasteiger partial charge in [-0.2, -0.15) is 5.10 Å². The van der Waals surface area contributed by atoms with Gasteiger partial charge in [-0.05, 0) is 42.0 Å². The number of nitrogens with zero attached hydrogens (tertiary/aromatic N) is 2. The predicted octanol–water partition coefficient (Wildman–Crippen LogP) is 3.85. The Labute approximate surface area is 147 Å². The van der Waals surface area contributed by atoms with Crippen molar-refractivity contribution in [3.63, 3.8) is 0 Å². The number of ether oxygens (including phenoxy) is 1. The van der Waals surface area contributed by atoms with Gasteiger partial charge in [0.25, 0.3) is 0 Å². The quantitative estimate of drug-likeness (QED) is 0.863. The molecule has 24 heavy (non-hydrogen) atoms. The molecule has 6 heteroatoms. The normalized spacial score (nSPS) is 19.4. The summed E-state index contributed by atoms with van der Waals surface area (Å²) in [5.74, 6) is 1.37. The molecule has 0 saturated heterocycles. The van der Waals surface area contributed by atoms with E-state index < -0.39 is 0 Å². The summed E-state index contributed by atoms with van der Waals surface area (Å²) < 4.78 is 7.40. The topological polar surface area (TPSA) is 56.1 Å². The number of carbonyl (C=O) groups is 1. The number of benzene rings is 1. The van der Waals surface area contributed by atoms with Gasteiger partial charge in [0, 0.05) is 24.8 Å². The van der Waals surface area contributed by atoms with Gasteiger partial charge in [0.05, 0.1) is 17.8 Å². The molecule has 128 valence electrons. The summed E-state index contributed by atoms with van der Waals surface area (Å²) in [7, 11) is 1.88. The minimum absolute atomic E-state index is 0.00448. The number of aromatic nitrogens is 2. The van der Waals surface area contributed by atoms with Crippen LogP contribution in [0.1, 0.15) is 31.7 Å². The molecule has 3 rings (SSSR count). The third-order valence-electron chi connectivity index (χ3n) is 4.05. The fourth-order valence-corrected chi connectivity index (χ4v) is 2.91. The first-order chi connectivity index (χ1) is 11.4. The van der Waals surface area contributed by atoms with E-state index in [4.69, 9.17) is 16.3 Å². The number of carbonyl (C=O) groups excluding carboxylic acids is 1. The van der Waals surface area contributed by atoms with Crippen molar-refractivity contribution >= 4 is 23.2 Å². The summed E-state index contributed by atoms with van der Waals surface area (Å²) in [6, 6.07) is 5.35. The van der Waals surface area contributed by atoms with E-state index in [9.17, 15) is 4.79 Å². The molecular weight excluding hydrogens is 326 g/mol. The summed E-state index contributed by atoms with van der Waals surface area (Å²) in [6.07, 6.45) is 4.66. The highest BCUT2D eigenvalue weighted by Crippen LogP contribution is 2.47. The Morgan fingerprint density at radius 2 is 2.29 bits per heavy atom. The van der Waals surface area contributed by atoms with Gasteiger partial charge in [-0.1, -0.05) is 25.4 Å². The molecule has 1 amide bonds. The average molecular weight is 348 g/mol. The van der Waals surface area contributed by atoms with E-state index in [0.29, 0.717) is 29.0 Å². The van der Waals surface area contributed by atoms with Crippen molar-refractivity contribution in [1.29, 1.82) is 0 Å². The summed E-state index contributed by atoms with van der Waals surface area (Å²) in [6.45, 7) is 4.77. The van der Waals surface area contributed by atoms with Crippen LogP contribution in [0, 0.1) is 11.8 Å². The highest BCUT2D eigenvalue weighted by atomic mass is 35.5. The molecule has 5 nitrogen and oxygen atoms in total. The van der Waals surface area contributed by atoms with Gasteiger partial charge in [-0.25, -0.2) is 0 Å². The van der Waals surface area contributed by atoms with Crippen LogP contribution in [0.3, 0.4) is 0 Å². The zero-order valence-electron chi connectivity index (χ0n) is 14.1. The molecule has 1 aliphatic rings. The molecule has 1 N–H and O–H groups in total. The predicted molar refractivity (Wildman–Crippen MR) is 94.5 cm³/mol. The van der Waals surface area contributed by atoms with Crippen LogP contribution in [0.25, 0.3) is 0 Å². The van der Waals surface area contributed by atoms with Gasteiger partial charge in [-0.15, -0.1) is 0 Å². The molecule has 1 aliphatic carbocycles. The maximum Gasteiger partial charge on any atom is 0.228 e. The van der Waals surface area contributed by atoms with Crippen LogP contribution in [-0.2, 0) is 11.8 Å². The second kappa shape index (κ2) is 6.85. The molecule has 1 fully saturated rings. The lowest BCUT2D eigenvalue weighted by molar-refractivity contribution is -0.117. The van der Waals surface area contributed by atoms with E-state index in [1.807, 2.05) is 25.5 Å². The summed E-state index contributed by atoms with van der Waals surface area (Å²) in [4.78, 5) is 12.4. The Hall–Kier alpha value is -2.01. The van der Waals surface area contributed by atoms with Gasteiger partial charge in [-0.3, -0.25) is 9.48 Å². The summed E-state index contributed by atoms with van der Waals surface area (Å²) >= 11 is 6.23. The zero-order valence-corrected chi connectivity index (χ0v) is 14.9. The van der Waals surface area contributed by atoms with E-state index >= 15 is 0 Å². The zero-order chi connectivity index (χ0) is 17.3. The first-order valence-corrected chi connectivity index (χ1v) is 8.53. The number of hydrogen-bond donors (Lipinski definition) is 1. The smallest absolute Gasteiger partial charge is 0.228 e. The molecule has 1 heterocycles. The average Bonchev–Trinajstić information content (AvgIpc) is 3.21. The molecule has 0 unspecified atom stereocenters. The van der Waals surface area contributed by atoms with Crippen molar-refractivity contribution in [1.82, 2.24) is 9.78 Å². The second-order valence-electron chi connectivity index (χ2n) is 6.74. The van der Waals surface area contributed by atoms with E-state index in [0.717, 1.165) is 12.0 Å². The molecular formula is C18H22ClN3O2. The van der Waals surface area contributed by atoms with Crippen LogP contribution >= 0.6 is 11.6 Å². The number of anilines is 1. The van der Waals surface area contributed by atoms with Crippen molar-refractivity contribution in [2.45, 2.75) is 26.2 Å². The lowest BCUT2D eigenvalue weighted by atomic mass is 10.2. The maximum atomic E-state index is 12.4. The fraction of sp³-hybridized carbons (Fsp3) is 0.444. The minimum atomic E-state index is 0.00448. The largest absolute Gasteiger partial charge is 0.492 e. The number of hydrogen-bond acceptors (Lipinski definition) is 3. The lowest BCUT2D eigenvalue weighted by Gasteiger charge is -2.12. The Bertz CT molecular complexity index is 742. The Morgan fingerprint density at radius 1 is 1.50 bits per heavy atom. The maximum absolute atomic E-state index is 12.4. The molecule has 2 aromatic rings. The molecule has 0 aliphatic heterocycles. The SMILES string of the molecule is CC(C)COc1ccc(NC(=O)[C@H]2C[C@@H]2c2cnn(C)c2)cc1Cl. The fourth-order valence-electron chi connectivity index (χ4n) is 2.67. The van der Waals surface area contributed by atoms with Gasteiger partial charge in [0.2, 0.25) is 5.91 Å². The third kappa shape index (κ3) is 3.90. The number of amides is 1. The van der Waals surface area contributed by atoms with E-state index in [1.165, 1.54) is 0 Å². The van der Waals surface area contributed by atoms with Crippen LogP contribution in [0.15, 0.2) is 30.6 Å². The van der Waals surface area contributed by atoms with Gasteiger partial charge in [0.15, 0.2) is 0 Å². The van der Waals surface area contributed by atoms with Crippen LogP contribution in [0.5, 0.6) is 5.75 Å². The van der Waals surface area contributed by atoms with E-state index in [1.54, 1.807) is 16.8 Å². The van der Waals surface area contributed by atoms with Crippen molar-refractivity contribution in [3.8, 4) is 5.75 Å². The van der Waals surface area contributed by atoms with E-state index in [-0.39, 0.29) is 17.7 Å². The Kier molecular flexibility index (Phi) is 4.81. The van der Waals surface area contributed by atoms with Crippen molar-refractivity contribution < 1.29 is 9.53 Å². The van der Waals surface area contributed by atoms with Crippen LogP contribution in [-0.4, -0.2) is 22.3 Å². The molecule has 0 bridgehead atoms. The highest BCUT2D eigenvalue weighted by molar-refractivity contribution is 6.32. The molecule has 0 spiro atoms. The minimum Gasteiger partial charge on any atom is -0.492 e. The van der Waals surface area contributed by atoms with Gasteiger partial charge >= 0.3 is 0 Å². The standard InChI is InChI=1S/C18H22ClN3O2/c1-11(2)10-24-17-5-4-13(6-16(17)19)21-18(23)15-7-14(15)12-8-20-22(3)9-12/h4-6,8-9,11,14-15H,7,10H2,1-3H3,(H,21,23)/t14-,15+/m1/s1. The first kappa shape index (κ1) is 16.8. The van der Waals surface area contributed by atoms with Crippen molar-refractivity contribution in [2.24, 2.45) is 18.9 Å². The Morgan fingerprint density at radius 3 is 2.92 bits per heavy atom. The molecule has 0 radical (unpaired) electrons. The van der Waals surface area contributed by atoms with Crippen molar-refractivity contribution in [2.75, 3.05) is 11.9 Å². The second-order valence-corrected chi connectivity index (χ2v) is 7.14. The lowest BCUT2D eigenvalue weighted by Crippen LogP contribution is -2.14. The summed E-state index contributed by atoms with van der Waals surface area (Å²) in [5.41, 5.74) is 1.81. The molecule has 1 aromatic carbocycles. The Balaban J connectivity index is 1.58. The number of halogens is 1. The van der Waals surface area contributed by atoms with Crippen LogP contribution < -0.4 is 10.1 Å². The number of nitrogens with one attached hydrogen (secondary N) is 1. The molecule has 2 atom stereocenters. The number of rotatable bonds is 6. The third-order valence-corrected chi connectivity index (χ3v) is 4.35. The van der Waals surface area contributed by atoms with Crippen molar-refractivity contribution in [3.05, 3.63) is 41.2 Å². The van der Waals surface area contributed by atoms with Gasteiger partial charge < -0.3 is 10.1 Å². The first-order valence-electron chi connectivity index (χ1n) is 8.16. The number of aryl methyl sites for hydroxylation is 1. The monoisotopic (exact) mass is 347 g/mol. The molecule has 1 aromatic heterocycles. The van der Waals surface area contributed by atoms with E-state index in [2.05, 4.69) is 24.3 Å². The molecule has 1 saturated carbocycles.